The fourth-order valence-electron chi connectivity index (χ4n) is 0.676. The Morgan fingerprint density at radius 3 is 1.14 bits per heavy atom. The largest absolute Gasteiger partial charge is 0.299 e. The third kappa shape index (κ3) is 5.56. The van der Waals surface area contributed by atoms with Gasteiger partial charge in [0.25, 0.3) is 0 Å². The van der Waals surface area contributed by atoms with E-state index in [9.17, 15) is 9.59 Å². The molecule has 0 radical (unpaired) electrons. The summed E-state index contributed by atoms with van der Waals surface area (Å²) in [5.41, 5.74) is -0.804. The number of hydrogen-bond donors (Lipinski definition) is 0. The van der Waals surface area contributed by atoms with E-state index in [2.05, 4.69) is 0 Å². The van der Waals surface area contributed by atoms with Gasteiger partial charge < -0.3 is 0 Å². The molecule has 0 aliphatic carbocycles. The van der Waals surface area contributed by atoms with Crippen LogP contribution in [0.1, 0.15) is 48.0 Å². The summed E-state index contributed by atoms with van der Waals surface area (Å²) in [6.45, 7) is 11.0. The molecule has 0 aromatic rings. The molecule has 0 aromatic carbocycles. The van der Waals surface area contributed by atoms with Crippen LogP contribution in [0.2, 0.25) is 0 Å². The molecule has 0 aliphatic rings. The molecule has 0 aromatic heterocycles. The molecule has 0 N–H and O–H groups in total. The van der Waals surface area contributed by atoms with Gasteiger partial charge >= 0.3 is 0 Å². The van der Waals surface area contributed by atoms with Crippen LogP contribution in [0.25, 0.3) is 0 Å². The van der Waals surface area contributed by atoms with Gasteiger partial charge in [-0.2, -0.15) is 0 Å². The number of ketones is 2. The average Bonchev–Trinajstić information content (AvgIpc) is 1.82. The predicted molar refractivity (Wildman–Crippen MR) is 53.5 cm³/mol. The van der Waals surface area contributed by atoms with Crippen molar-refractivity contribution in [3.63, 3.8) is 0 Å². The van der Waals surface area contributed by atoms with Crippen LogP contribution < -0.4 is 0 Å². The first-order valence-corrected chi connectivity index (χ1v) is 4.62. The number of carbonyl (C=O) groups excluding carboxylic acids is 2. The van der Waals surface area contributed by atoms with Crippen LogP contribution >= 0.6 is 0 Å². The monoisotopic (exact) mass is 240 g/mol. The van der Waals surface area contributed by atoms with E-state index in [4.69, 9.17) is 0 Å². The summed E-state index contributed by atoms with van der Waals surface area (Å²) in [5, 5.41) is 0. The zero-order valence-electron chi connectivity index (χ0n) is 9.88. The first-order valence-electron chi connectivity index (χ1n) is 4.62. The molecule has 0 aliphatic heterocycles. The molecule has 0 atom stereocenters. The van der Waals surface area contributed by atoms with E-state index >= 15 is 0 Å². The zero-order chi connectivity index (χ0) is 10.9. The Morgan fingerprint density at radius 1 is 0.786 bits per heavy atom. The van der Waals surface area contributed by atoms with Gasteiger partial charge in [0.2, 0.25) is 0 Å². The molecule has 0 spiro atoms. The van der Waals surface area contributed by atoms with Crippen molar-refractivity contribution in [1.29, 1.82) is 0 Å². The van der Waals surface area contributed by atoms with Crippen molar-refractivity contribution in [2.75, 3.05) is 0 Å². The second-order valence-electron chi connectivity index (χ2n) is 5.52. The first kappa shape index (κ1) is 16.3. The van der Waals surface area contributed by atoms with Crippen molar-refractivity contribution in [2.24, 2.45) is 10.8 Å². The Balaban J connectivity index is 0. The Kier molecular flexibility index (Phi) is 5.92. The van der Waals surface area contributed by atoms with Crippen molar-refractivity contribution in [2.45, 2.75) is 48.0 Å². The van der Waals surface area contributed by atoms with Crippen LogP contribution in [0.15, 0.2) is 0 Å². The molecule has 2 nitrogen and oxygen atoms in total. The van der Waals surface area contributed by atoms with E-state index in [0.29, 0.717) is 0 Å². The zero-order valence-corrected chi connectivity index (χ0v) is 11.0. The van der Waals surface area contributed by atoms with Crippen molar-refractivity contribution < 1.29 is 26.7 Å². The van der Waals surface area contributed by atoms with E-state index in [-0.39, 0.29) is 35.1 Å². The predicted octanol–water partition coefficient (Wildman–Crippen LogP) is 2.60. The first-order chi connectivity index (χ1) is 5.55. The van der Waals surface area contributed by atoms with Crippen molar-refractivity contribution in [3.8, 4) is 0 Å². The second-order valence-corrected chi connectivity index (χ2v) is 5.52. The SMILES string of the molecule is CC(C)(C)C(=O)CC(=O)C(C)(C)C.[Fe]. The molecule has 0 bridgehead atoms. The van der Waals surface area contributed by atoms with E-state index in [1.54, 1.807) is 0 Å². The summed E-state index contributed by atoms with van der Waals surface area (Å²) in [5.74, 6) is 0.0415. The van der Waals surface area contributed by atoms with E-state index in [1.807, 2.05) is 41.5 Å². The maximum absolute atomic E-state index is 11.5. The number of carbonyl (C=O) groups is 2. The quantitative estimate of drug-likeness (QED) is 0.549. The van der Waals surface area contributed by atoms with Crippen LogP contribution in [0.5, 0.6) is 0 Å². The van der Waals surface area contributed by atoms with Crippen molar-refractivity contribution in [1.82, 2.24) is 0 Å². The summed E-state index contributed by atoms with van der Waals surface area (Å²) in [4.78, 5) is 23.0. The van der Waals surface area contributed by atoms with E-state index in [0.717, 1.165) is 0 Å². The van der Waals surface area contributed by atoms with Crippen molar-refractivity contribution in [3.05, 3.63) is 0 Å². The Bertz CT molecular complexity index is 194. The molecule has 3 heteroatoms. The van der Waals surface area contributed by atoms with Gasteiger partial charge in [-0.3, -0.25) is 9.59 Å². The molecule has 0 saturated heterocycles. The third-order valence-corrected chi connectivity index (χ3v) is 1.99. The van der Waals surface area contributed by atoms with Gasteiger partial charge in [-0.15, -0.1) is 0 Å². The van der Waals surface area contributed by atoms with Gasteiger partial charge in [0.15, 0.2) is 0 Å². The molecule has 84 valence electrons. The maximum Gasteiger partial charge on any atom is 0.145 e. The molecule has 0 unspecified atom stereocenters. The minimum Gasteiger partial charge on any atom is -0.299 e. The average molecular weight is 240 g/mol. The summed E-state index contributed by atoms with van der Waals surface area (Å²) < 4.78 is 0. The van der Waals surface area contributed by atoms with Crippen LogP contribution in [0.3, 0.4) is 0 Å². The van der Waals surface area contributed by atoms with Gasteiger partial charge in [0.05, 0.1) is 6.42 Å². The van der Waals surface area contributed by atoms with Gasteiger partial charge in [0.1, 0.15) is 11.6 Å². The normalized spacial score (nSPS) is 11.9. The number of Topliss-reactive ketones (excluding diaryl/α,β-unsaturated/α-hetero) is 2. The molecule has 0 heterocycles. The van der Waals surface area contributed by atoms with E-state index in [1.165, 1.54) is 0 Å². The fraction of sp³-hybridized carbons (Fsp3) is 0.818. The molecular weight excluding hydrogens is 220 g/mol. The fourth-order valence-corrected chi connectivity index (χ4v) is 0.676. The third-order valence-electron chi connectivity index (χ3n) is 1.99. The number of hydrogen-bond acceptors (Lipinski definition) is 2. The van der Waals surface area contributed by atoms with Crippen molar-refractivity contribution >= 4 is 11.6 Å². The minimum atomic E-state index is -0.402. The standard InChI is InChI=1S/C11H20O2.Fe/c1-10(2,3)8(12)7-9(13)11(4,5)6;/h7H2,1-6H3;. The Hall–Kier alpha value is -0.141. The van der Waals surface area contributed by atoms with E-state index < -0.39 is 10.8 Å². The molecule has 0 fully saturated rings. The summed E-state index contributed by atoms with van der Waals surface area (Å²) in [6, 6.07) is 0. The minimum absolute atomic E-state index is 0. The van der Waals surface area contributed by atoms with Gasteiger partial charge in [0, 0.05) is 27.9 Å². The molecular formula is C11H20FeO2. The maximum atomic E-state index is 11.5. The summed E-state index contributed by atoms with van der Waals surface area (Å²) in [7, 11) is 0. The Morgan fingerprint density at radius 2 is 1.00 bits per heavy atom. The summed E-state index contributed by atoms with van der Waals surface area (Å²) >= 11 is 0. The van der Waals surface area contributed by atoms with Crippen LogP contribution in [0.4, 0.5) is 0 Å². The number of rotatable bonds is 2. The van der Waals surface area contributed by atoms with Gasteiger partial charge in [-0.25, -0.2) is 0 Å². The molecule has 14 heavy (non-hydrogen) atoms. The van der Waals surface area contributed by atoms with Gasteiger partial charge in [-0.1, -0.05) is 41.5 Å². The molecule has 0 saturated carbocycles. The van der Waals surface area contributed by atoms with Gasteiger partial charge in [-0.05, 0) is 0 Å². The van der Waals surface area contributed by atoms with Crippen LogP contribution in [-0.4, -0.2) is 11.6 Å². The molecule has 0 amide bonds. The van der Waals surface area contributed by atoms with Crippen LogP contribution in [-0.2, 0) is 26.7 Å². The molecule has 0 rings (SSSR count). The topological polar surface area (TPSA) is 34.1 Å². The Labute approximate surface area is 97.3 Å². The second kappa shape index (κ2) is 5.09. The summed E-state index contributed by atoms with van der Waals surface area (Å²) in [6.07, 6.45) is 0.0625. The van der Waals surface area contributed by atoms with Crippen LogP contribution in [0, 0.1) is 10.8 Å². The smallest absolute Gasteiger partial charge is 0.145 e.